The number of carbonyl (C=O) groups is 2. The molecule has 3 aromatic rings. The highest BCUT2D eigenvalue weighted by atomic mass is 16.3. The summed E-state index contributed by atoms with van der Waals surface area (Å²) in [5.41, 5.74) is 2.58. The van der Waals surface area contributed by atoms with Crippen molar-refractivity contribution in [2.45, 2.75) is 13.0 Å². The third-order valence-electron chi connectivity index (χ3n) is 4.54. The molecule has 0 aliphatic rings. The van der Waals surface area contributed by atoms with Gasteiger partial charge in [0.2, 0.25) is 0 Å². The monoisotopic (exact) mass is 407 g/mol. The standard InChI is InChI=1S/C23H25N3O4/c27-14-13-26(12-11-18-6-2-1-3-7-18)23(29)24-17-19-8-4-9-20(16-19)25-22(28)21-10-5-15-30-21/h1-10,15-16,27H,11-14,17H2,(H,24,29)(H,25,28). The van der Waals surface area contributed by atoms with E-state index in [4.69, 9.17) is 4.42 Å². The molecule has 156 valence electrons. The third-order valence-corrected chi connectivity index (χ3v) is 4.54. The Labute approximate surface area is 175 Å². The maximum atomic E-state index is 12.6. The van der Waals surface area contributed by atoms with Crippen LogP contribution in [0.5, 0.6) is 0 Å². The van der Waals surface area contributed by atoms with Crippen molar-refractivity contribution in [3.8, 4) is 0 Å². The molecule has 0 aliphatic carbocycles. The summed E-state index contributed by atoms with van der Waals surface area (Å²) in [4.78, 5) is 26.3. The van der Waals surface area contributed by atoms with Crippen LogP contribution in [0.1, 0.15) is 21.7 Å². The van der Waals surface area contributed by atoms with Crippen molar-refractivity contribution in [2.24, 2.45) is 0 Å². The van der Waals surface area contributed by atoms with Crippen LogP contribution in [0.4, 0.5) is 10.5 Å². The number of amides is 3. The first-order chi connectivity index (χ1) is 14.7. The molecule has 30 heavy (non-hydrogen) atoms. The summed E-state index contributed by atoms with van der Waals surface area (Å²) in [5.74, 6) is -0.108. The molecule has 3 rings (SSSR count). The lowest BCUT2D eigenvalue weighted by Gasteiger charge is -2.22. The highest BCUT2D eigenvalue weighted by molar-refractivity contribution is 6.02. The minimum Gasteiger partial charge on any atom is -0.459 e. The maximum absolute atomic E-state index is 12.6. The van der Waals surface area contributed by atoms with Crippen LogP contribution in [0.25, 0.3) is 0 Å². The van der Waals surface area contributed by atoms with Crippen molar-refractivity contribution >= 4 is 17.6 Å². The van der Waals surface area contributed by atoms with Gasteiger partial charge in [-0.3, -0.25) is 4.79 Å². The number of hydrogen-bond donors (Lipinski definition) is 3. The lowest BCUT2D eigenvalue weighted by atomic mass is 10.1. The second-order valence-corrected chi connectivity index (χ2v) is 6.74. The van der Waals surface area contributed by atoms with Crippen LogP contribution in [0.3, 0.4) is 0 Å². The van der Waals surface area contributed by atoms with Gasteiger partial charge in [-0.05, 0) is 41.8 Å². The molecule has 7 heteroatoms. The number of anilines is 1. The molecule has 0 aliphatic heterocycles. The zero-order valence-electron chi connectivity index (χ0n) is 16.6. The molecule has 3 amide bonds. The zero-order valence-corrected chi connectivity index (χ0v) is 16.6. The zero-order chi connectivity index (χ0) is 21.2. The summed E-state index contributed by atoms with van der Waals surface area (Å²) in [6.07, 6.45) is 2.15. The largest absolute Gasteiger partial charge is 0.459 e. The van der Waals surface area contributed by atoms with Crippen molar-refractivity contribution in [1.82, 2.24) is 10.2 Å². The molecule has 1 heterocycles. The third kappa shape index (κ3) is 6.22. The van der Waals surface area contributed by atoms with E-state index in [1.165, 1.54) is 6.26 Å². The molecule has 0 unspecified atom stereocenters. The van der Waals surface area contributed by atoms with Gasteiger partial charge < -0.3 is 25.1 Å². The number of aliphatic hydroxyl groups is 1. The highest BCUT2D eigenvalue weighted by Crippen LogP contribution is 2.13. The number of urea groups is 1. The molecule has 3 N–H and O–H groups in total. The normalized spacial score (nSPS) is 10.4. The SMILES string of the molecule is O=C(Nc1cccc(CNC(=O)N(CCO)CCc2ccccc2)c1)c1ccco1. The van der Waals surface area contributed by atoms with Gasteiger partial charge in [-0.2, -0.15) is 0 Å². The smallest absolute Gasteiger partial charge is 0.317 e. The Hall–Kier alpha value is -3.58. The van der Waals surface area contributed by atoms with Crippen LogP contribution in [0.2, 0.25) is 0 Å². The molecule has 0 fully saturated rings. The van der Waals surface area contributed by atoms with Crippen LogP contribution in [0.15, 0.2) is 77.4 Å². The fourth-order valence-corrected chi connectivity index (χ4v) is 2.99. The molecule has 0 saturated carbocycles. The molecule has 0 bridgehead atoms. The van der Waals surface area contributed by atoms with Gasteiger partial charge in [0, 0.05) is 25.3 Å². The molecule has 0 atom stereocenters. The molecule has 0 spiro atoms. The number of benzene rings is 2. The topological polar surface area (TPSA) is 94.8 Å². The van der Waals surface area contributed by atoms with Gasteiger partial charge in [0.05, 0.1) is 12.9 Å². The van der Waals surface area contributed by atoms with E-state index in [1.54, 1.807) is 35.2 Å². The number of nitrogens with one attached hydrogen (secondary N) is 2. The van der Waals surface area contributed by atoms with Gasteiger partial charge in [0.15, 0.2) is 5.76 Å². The Kier molecular flexibility index (Phi) is 7.63. The van der Waals surface area contributed by atoms with E-state index in [1.807, 2.05) is 36.4 Å². The van der Waals surface area contributed by atoms with E-state index in [0.717, 1.165) is 11.1 Å². The second kappa shape index (κ2) is 10.8. The first-order valence-corrected chi connectivity index (χ1v) is 9.77. The van der Waals surface area contributed by atoms with E-state index in [9.17, 15) is 14.7 Å². The van der Waals surface area contributed by atoms with E-state index < -0.39 is 0 Å². The molecule has 7 nitrogen and oxygen atoms in total. The molecular weight excluding hydrogens is 382 g/mol. The molecular formula is C23H25N3O4. The number of rotatable bonds is 9. The van der Waals surface area contributed by atoms with Crippen LogP contribution >= 0.6 is 0 Å². The van der Waals surface area contributed by atoms with Crippen LogP contribution in [-0.4, -0.2) is 41.6 Å². The van der Waals surface area contributed by atoms with E-state index >= 15 is 0 Å². The average Bonchev–Trinajstić information content (AvgIpc) is 3.31. The fourth-order valence-electron chi connectivity index (χ4n) is 2.99. The summed E-state index contributed by atoms with van der Waals surface area (Å²) in [5, 5.41) is 14.9. The van der Waals surface area contributed by atoms with E-state index in [-0.39, 0.29) is 30.9 Å². The molecule has 2 aromatic carbocycles. The van der Waals surface area contributed by atoms with Crippen LogP contribution < -0.4 is 10.6 Å². The Morgan fingerprint density at radius 1 is 0.933 bits per heavy atom. The number of nitrogens with zero attached hydrogens (tertiary/aromatic N) is 1. The van der Waals surface area contributed by atoms with Gasteiger partial charge in [-0.15, -0.1) is 0 Å². The summed E-state index contributed by atoms with van der Waals surface area (Å²) in [6, 6.07) is 20.1. The van der Waals surface area contributed by atoms with Crippen molar-refractivity contribution in [2.75, 3.05) is 25.0 Å². The van der Waals surface area contributed by atoms with E-state index in [2.05, 4.69) is 10.6 Å². The average molecular weight is 407 g/mol. The molecule has 0 radical (unpaired) electrons. The van der Waals surface area contributed by atoms with E-state index in [0.29, 0.717) is 25.2 Å². The first-order valence-electron chi connectivity index (χ1n) is 9.77. The first kappa shape index (κ1) is 21.1. The van der Waals surface area contributed by atoms with Crippen LogP contribution in [0, 0.1) is 0 Å². The minimum atomic E-state index is -0.337. The highest BCUT2D eigenvalue weighted by Gasteiger charge is 2.13. The summed E-state index contributed by atoms with van der Waals surface area (Å²) in [6.45, 7) is 0.973. The summed E-state index contributed by atoms with van der Waals surface area (Å²) >= 11 is 0. The number of hydrogen-bond acceptors (Lipinski definition) is 4. The van der Waals surface area contributed by atoms with Gasteiger partial charge >= 0.3 is 6.03 Å². The summed E-state index contributed by atoms with van der Waals surface area (Å²) in [7, 11) is 0. The van der Waals surface area contributed by atoms with Gasteiger partial charge in [-0.1, -0.05) is 42.5 Å². The fraction of sp³-hybridized carbons (Fsp3) is 0.217. The predicted molar refractivity (Wildman–Crippen MR) is 114 cm³/mol. The lowest BCUT2D eigenvalue weighted by Crippen LogP contribution is -2.42. The second-order valence-electron chi connectivity index (χ2n) is 6.74. The van der Waals surface area contributed by atoms with Crippen molar-refractivity contribution < 1.29 is 19.1 Å². The maximum Gasteiger partial charge on any atom is 0.317 e. The Bertz CT molecular complexity index is 942. The summed E-state index contributed by atoms with van der Waals surface area (Å²) < 4.78 is 5.09. The van der Waals surface area contributed by atoms with Gasteiger partial charge in [0.25, 0.3) is 5.91 Å². The molecule has 1 aromatic heterocycles. The van der Waals surface area contributed by atoms with Crippen molar-refractivity contribution in [1.29, 1.82) is 0 Å². The quantitative estimate of drug-likeness (QED) is 0.507. The predicted octanol–water partition coefficient (Wildman–Crippen LogP) is 3.28. The molecule has 0 saturated heterocycles. The Morgan fingerprint density at radius 3 is 2.47 bits per heavy atom. The Balaban J connectivity index is 1.53. The number of aliphatic hydroxyl groups excluding tert-OH is 1. The number of carbonyl (C=O) groups excluding carboxylic acids is 2. The van der Waals surface area contributed by atoms with Crippen molar-refractivity contribution in [3.05, 3.63) is 89.9 Å². The van der Waals surface area contributed by atoms with Crippen LogP contribution in [-0.2, 0) is 13.0 Å². The Morgan fingerprint density at radius 2 is 1.73 bits per heavy atom. The number of furan rings is 1. The van der Waals surface area contributed by atoms with Gasteiger partial charge in [0.1, 0.15) is 0 Å². The minimum absolute atomic E-state index is 0.101. The van der Waals surface area contributed by atoms with Crippen molar-refractivity contribution in [3.63, 3.8) is 0 Å². The van der Waals surface area contributed by atoms with Gasteiger partial charge in [-0.25, -0.2) is 4.79 Å². The lowest BCUT2D eigenvalue weighted by molar-refractivity contribution is 0.0996.